The smallest absolute Gasteiger partial charge is 0.103 e. The van der Waals surface area contributed by atoms with Crippen molar-refractivity contribution in [2.24, 2.45) is 0 Å². The van der Waals surface area contributed by atoms with E-state index in [0.29, 0.717) is 5.56 Å². The highest BCUT2D eigenvalue weighted by Crippen LogP contribution is 2.16. The summed E-state index contributed by atoms with van der Waals surface area (Å²) in [4.78, 5) is 5.95. The Morgan fingerprint density at radius 2 is 2.17 bits per heavy atom. The lowest BCUT2D eigenvalue weighted by molar-refractivity contribution is 1.09. The molecule has 0 unspecified atom stereocenters. The lowest BCUT2D eigenvalue weighted by Crippen LogP contribution is -2.11. The van der Waals surface area contributed by atoms with E-state index in [2.05, 4.69) is 11.1 Å². The van der Waals surface area contributed by atoms with Gasteiger partial charge in [0.15, 0.2) is 0 Å². The quantitative estimate of drug-likeness (QED) is 0.623. The molecule has 1 heterocycles. The van der Waals surface area contributed by atoms with Gasteiger partial charge in [0.1, 0.15) is 6.07 Å². The van der Waals surface area contributed by atoms with Gasteiger partial charge in [-0.3, -0.25) is 4.98 Å². The van der Waals surface area contributed by atoms with Crippen molar-refractivity contribution in [2.75, 3.05) is 19.0 Å². The molecule has 3 nitrogen and oxygen atoms in total. The molecular weight excluding hydrogens is 150 g/mol. The molecule has 0 bridgehead atoms. The molecule has 0 radical (unpaired) electrons. The summed E-state index contributed by atoms with van der Waals surface area (Å²) in [6, 6.07) is 4.00. The van der Waals surface area contributed by atoms with E-state index >= 15 is 0 Å². The molecule has 62 valence electrons. The molecule has 1 aromatic rings. The topological polar surface area (TPSA) is 39.9 Å². The van der Waals surface area contributed by atoms with Gasteiger partial charge in [-0.1, -0.05) is 0 Å². The average Bonchev–Trinajstić information content (AvgIpc) is 2.04. The second-order valence-corrected chi connectivity index (χ2v) is 2.85. The highest BCUT2D eigenvalue weighted by atomic mass is 15.1. The SMILES string of the molecule is Cc1cc(N(C)C)c(C#N)cn1. The van der Waals surface area contributed by atoms with Crippen molar-refractivity contribution in [1.29, 1.82) is 5.26 Å². The van der Waals surface area contributed by atoms with Crippen LogP contribution in [0.4, 0.5) is 5.69 Å². The minimum Gasteiger partial charge on any atom is -0.376 e. The van der Waals surface area contributed by atoms with Crippen LogP contribution in [0.1, 0.15) is 11.3 Å². The number of nitrogens with zero attached hydrogens (tertiary/aromatic N) is 3. The third-order valence-electron chi connectivity index (χ3n) is 1.62. The molecule has 1 aromatic heterocycles. The molecule has 0 aromatic carbocycles. The summed E-state index contributed by atoms with van der Waals surface area (Å²) in [5.41, 5.74) is 2.47. The van der Waals surface area contributed by atoms with Crippen LogP contribution < -0.4 is 4.90 Å². The normalized spacial score (nSPS) is 9.17. The highest BCUT2D eigenvalue weighted by Gasteiger charge is 2.03. The minimum atomic E-state index is 0.616. The van der Waals surface area contributed by atoms with Crippen molar-refractivity contribution in [3.8, 4) is 6.07 Å². The third kappa shape index (κ3) is 1.54. The van der Waals surface area contributed by atoms with Gasteiger partial charge in [-0.05, 0) is 13.0 Å². The minimum absolute atomic E-state index is 0.616. The van der Waals surface area contributed by atoms with E-state index in [1.54, 1.807) is 6.20 Å². The number of hydrogen-bond acceptors (Lipinski definition) is 3. The Bertz CT molecular complexity index is 323. The maximum absolute atomic E-state index is 8.74. The molecule has 0 aliphatic rings. The first kappa shape index (κ1) is 8.54. The highest BCUT2D eigenvalue weighted by molar-refractivity contribution is 5.57. The Hall–Kier alpha value is -1.56. The van der Waals surface area contributed by atoms with Gasteiger partial charge in [-0.2, -0.15) is 5.26 Å². The summed E-state index contributed by atoms with van der Waals surface area (Å²) in [5.74, 6) is 0. The third-order valence-corrected chi connectivity index (χ3v) is 1.62. The van der Waals surface area contributed by atoms with Gasteiger partial charge in [0.05, 0.1) is 11.3 Å². The van der Waals surface area contributed by atoms with E-state index in [-0.39, 0.29) is 0 Å². The molecule has 0 aliphatic carbocycles. The van der Waals surface area contributed by atoms with Crippen LogP contribution in [0.15, 0.2) is 12.3 Å². The zero-order chi connectivity index (χ0) is 9.14. The van der Waals surface area contributed by atoms with Crippen molar-refractivity contribution in [1.82, 2.24) is 4.98 Å². The number of rotatable bonds is 1. The molecule has 1 rings (SSSR count). The summed E-state index contributed by atoms with van der Waals surface area (Å²) >= 11 is 0. The Labute approximate surface area is 72.3 Å². The fourth-order valence-electron chi connectivity index (χ4n) is 1.00. The lowest BCUT2D eigenvalue weighted by Gasteiger charge is -2.13. The summed E-state index contributed by atoms with van der Waals surface area (Å²) in [6.07, 6.45) is 1.60. The number of pyridine rings is 1. The van der Waals surface area contributed by atoms with Crippen LogP contribution in [-0.2, 0) is 0 Å². The number of anilines is 1. The molecule has 0 saturated carbocycles. The molecule has 0 spiro atoms. The first-order chi connectivity index (χ1) is 5.65. The Morgan fingerprint density at radius 3 is 2.67 bits per heavy atom. The first-order valence-electron chi connectivity index (χ1n) is 3.69. The molecule has 0 fully saturated rings. The summed E-state index contributed by atoms with van der Waals surface area (Å²) in [6.45, 7) is 1.91. The van der Waals surface area contributed by atoms with Gasteiger partial charge in [0, 0.05) is 26.0 Å². The van der Waals surface area contributed by atoms with E-state index in [9.17, 15) is 0 Å². The second-order valence-electron chi connectivity index (χ2n) is 2.85. The fourth-order valence-corrected chi connectivity index (χ4v) is 1.00. The van der Waals surface area contributed by atoms with E-state index in [4.69, 9.17) is 5.26 Å². The first-order valence-corrected chi connectivity index (χ1v) is 3.69. The summed E-state index contributed by atoms with van der Waals surface area (Å²) in [5, 5.41) is 8.74. The number of hydrogen-bond donors (Lipinski definition) is 0. The number of aromatic nitrogens is 1. The van der Waals surface area contributed by atoms with E-state index in [1.165, 1.54) is 0 Å². The zero-order valence-corrected chi connectivity index (χ0v) is 7.50. The molecule has 0 atom stereocenters. The van der Waals surface area contributed by atoms with Crippen LogP contribution in [0.5, 0.6) is 0 Å². The van der Waals surface area contributed by atoms with Crippen LogP contribution in [0.3, 0.4) is 0 Å². The largest absolute Gasteiger partial charge is 0.376 e. The number of aryl methyl sites for hydroxylation is 1. The lowest BCUT2D eigenvalue weighted by atomic mass is 10.2. The van der Waals surface area contributed by atoms with Gasteiger partial charge in [0.2, 0.25) is 0 Å². The number of nitriles is 1. The van der Waals surface area contributed by atoms with Crippen molar-refractivity contribution in [2.45, 2.75) is 6.92 Å². The van der Waals surface area contributed by atoms with Crippen LogP contribution in [0, 0.1) is 18.3 Å². The van der Waals surface area contributed by atoms with Gasteiger partial charge in [-0.15, -0.1) is 0 Å². The van der Waals surface area contributed by atoms with E-state index in [1.807, 2.05) is 32.0 Å². The van der Waals surface area contributed by atoms with Crippen LogP contribution in [0.25, 0.3) is 0 Å². The van der Waals surface area contributed by atoms with Crippen molar-refractivity contribution >= 4 is 5.69 Å². The van der Waals surface area contributed by atoms with Crippen molar-refractivity contribution < 1.29 is 0 Å². The van der Waals surface area contributed by atoms with Gasteiger partial charge >= 0.3 is 0 Å². The summed E-state index contributed by atoms with van der Waals surface area (Å²) in [7, 11) is 3.82. The van der Waals surface area contributed by atoms with Crippen LogP contribution in [0.2, 0.25) is 0 Å². The van der Waals surface area contributed by atoms with Crippen LogP contribution in [-0.4, -0.2) is 19.1 Å². The van der Waals surface area contributed by atoms with Crippen LogP contribution >= 0.6 is 0 Å². The average molecular weight is 161 g/mol. The van der Waals surface area contributed by atoms with E-state index in [0.717, 1.165) is 11.4 Å². The second kappa shape index (κ2) is 3.22. The Balaban J connectivity index is 3.24. The van der Waals surface area contributed by atoms with Gasteiger partial charge in [-0.25, -0.2) is 0 Å². The summed E-state index contributed by atoms with van der Waals surface area (Å²) < 4.78 is 0. The van der Waals surface area contributed by atoms with Crippen molar-refractivity contribution in [3.63, 3.8) is 0 Å². The monoisotopic (exact) mass is 161 g/mol. The Morgan fingerprint density at radius 1 is 1.50 bits per heavy atom. The molecule has 3 heteroatoms. The predicted octanol–water partition coefficient (Wildman–Crippen LogP) is 1.33. The zero-order valence-electron chi connectivity index (χ0n) is 7.50. The van der Waals surface area contributed by atoms with Gasteiger partial charge in [0.25, 0.3) is 0 Å². The Kier molecular flexibility index (Phi) is 2.29. The molecule has 0 saturated heterocycles. The molecule has 0 aliphatic heterocycles. The standard InChI is InChI=1S/C9H11N3/c1-7-4-9(12(2)3)8(5-10)6-11-7/h4,6H,1-3H3. The van der Waals surface area contributed by atoms with E-state index < -0.39 is 0 Å². The fraction of sp³-hybridized carbons (Fsp3) is 0.333. The molecular formula is C9H11N3. The van der Waals surface area contributed by atoms with Crippen molar-refractivity contribution in [3.05, 3.63) is 23.5 Å². The molecule has 12 heavy (non-hydrogen) atoms. The molecule has 0 N–H and O–H groups in total. The maximum Gasteiger partial charge on any atom is 0.103 e. The van der Waals surface area contributed by atoms with Gasteiger partial charge < -0.3 is 4.90 Å². The maximum atomic E-state index is 8.74. The molecule has 0 amide bonds. The predicted molar refractivity (Wildman–Crippen MR) is 48.0 cm³/mol.